The van der Waals surface area contributed by atoms with Crippen molar-refractivity contribution in [3.8, 4) is 0 Å². The molecule has 1 saturated heterocycles. The van der Waals surface area contributed by atoms with Gasteiger partial charge in [-0.3, -0.25) is 24.2 Å². The van der Waals surface area contributed by atoms with Crippen LogP contribution in [0.3, 0.4) is 0 Å². The normalized spacial score (nSPS) is 18.1. The standard InChI is InChI=1S/C8H10N2O4/c1-3-9-6(12)5(11)7(13)10(4-2)8(9)14/h3-4H2,1-2H3. The summed E-state index contributed by atoms with van der Waals surface area (Å²) in [7, 11) is 0. The number of nitrogens with zero attached hydrogens (tertiary/aromatic N) is 2. The number of imide groups is 2. The Hall–Kier alpha value is -1.72. The van der Waals surface area contributed by atoms with E-state index in [2.05, 4.69) is 0 Å². The number of rotatable bonds is 2. The number of Topliss-reactive ketones (excluding diaryl/α,β-unsaturated/α-hetero) is 1. The Morgan fingerprint density at radius 2 is 1.21 bits per heavy atom. The van der Waals surface area contributed by atoms with Crippen molar-refractivity contribution in [2.75, 3.05) is 13.1 Å². The van der Waals surface area contributed by atoms with Gasteiger partial charge in [0, 0.05) is 13.1 Å². The largest absolute Gasteiger partial charge is 0.334 e. The molecule has 6 heteroatoms. The molecule has 0 bridgehead atoms. The molecule has 4 amide bonds. The van der Waals surface area contributed by atoms with Gasteiger partial charge in [-0.05, 0) is 13.8 Å². The van der Waals surface area contributed by atoms with Crippen LogP contribution >= 0.6 is 0 Å². The number of hydrogen-bond donors (Lipinski definition) is 0. The van der Waals surface area contributed by atoms with Gasteiger partial charge < -0.3 is 0 Å². The minimum atomic E-state index is -1.15. The van der Waals surface area contributed by atoms with Crippen LogP contribution in [0.2, 0.25) is 0 Å². The molecule has 0 aromatic heterocycles. The van der Waals surface area contributed by atoms with E-state index < -0.39 is 23.6 Å². The SMILES string of the molecule is CCN1C(=O)C(=O)C(=O)N(CC)C1=O. The summed E-state index contributed by atoms with van der Waals surface area (Å²) in [6, 6.07) is -0.718. The third-order valence-corrected chi connectivity index (χ3v) is 1.97. The highest BCUT2D eigenvalue weighted by molar-refractivity contribution is 6.66. The van der Waals surface area contributed by atoms with Gasteiger partial charge in [0.2, 0.25) is 0 Å². The average Bonchev–Trinajstić information content (AvgIpc) is 2.16. The highest BCUT2D eigenvalue weighted by Gasteiger charge is 2.43. The van der Waals surface area contributed by atoms with Crippen molar-refractivity contribution in [1.82, 2.24) is 9.80 Å². The van der Waals surface area contributed by atoms with E-state index in [1.54, 1.807) is 13.8 Å². The molecular weight excluding hydrogens is 188 g/mol. The molecular formula is C8H10N2O4. The molecule has 14 heavy (non-hydrogen) atoms. The second-order valence-corrected chi connectivity index (χ2v) is 2.71. The van der Waals surface area contributed by atoms with E-state index in [-0.39, 0.29) is 13.1 Å². The quantitative estimate of drug-likeness (QED) is 0.554. The lowest BCUT2D eigenvalue weighted by atomic mass is 10.2. The van der Waals surface area contributed by atoms with Crippen molar-refractivity contribution >= 4 is 23.6 Å². The summed E-state index contributed by atoms with van der Waals surface area (Å²) < 4.78 is 0. The highest BCUT2D eigenvalue weighted by atomic mass is 16.2. The Labute approximate surface area is 80.5 Å². The van der Waals surface area contributed by atoms with E-state index in [0.29, 0.717) is 0 Å². The van der Waals surface area contributed by atoms with Gasteiger partial charge in [0.25, 0.3) is 0 Å². The minimum absolute atomic E-state index is 0.0905. The number of barbiturate groups is 1. The molecule has 1 heterocycles. The Bertz CT molecular complexity index is 295. The fraction of sp³-hybridized carbons (Fsp3) is 0.500. The summed E-state index contributed by atoms with van der Waals surface area (Å²) in [5.74, 6) is -3.22. The summed E-state index contributed by atoms with van der Waals surface area (Å²) in [4.78, 5) is 46.3. The lowest BCUT2D eigenvalue weighted by Gasteiger charge is -2.29. The van der Waals surface area contributed by atoms with E-state index in [0.717, 1.165) is 9.80 Å². The average molecular weight is 198 g/mol. The van der Waals surface area contributed by atoms with Crippen LogP contribution in [0.1, 0.15) is 13.8 Å². The molecule has 1 fully saturated rings. The second kappa shape index (κ2) is 3.57. The van der Waals surface area contributed by atoms with Crippen LogP contribution in [0.15, 0.2) is 0 Å². The Kier molecular flexibility index (Phi) is 2.64. The number of likely N-dealkylation sites (N-methyl/N-ethyl adjacent to an activating group) is 2. The molecule has 0 unspecified atom stereocenters. The smallest absolute Gasteiger partial charge is 0.277 e. The predicted octanol–water partition coefficient (Wildman–Crippen LogP) is -0.614. The number of ketones is 1. The van der Waals surface area contributed by atoms with Crippen LogP contribution in [0.4, 0.5) is 4.79 Å². The molecule has 1 aliphatic rings. The topological polar surface area (TPSA) is 74.8 Å². The molecule has 0 spiro atoms. The Morgan fingerprint density at radius 1 is 0.857 bits per heavy atom. The van der Waals surface area contributed by atoms with Gasteiger partial charge >= 0.3 is 23.6 Å². The molecule has 0 aliphatic carbocycles. The maximum absolute atomic E-state index is 11.4. The molecule has 6 nitrogen and oxygen atoms in total. The van der Waals surface area contributed by atoms with E-state index in [1.165, 1.54) is 0 Å². The van der Waals surface area contributed by atoms with Crippen molar-refractivity contribution in [3.63, 3.8) is 0 Å². The number of urea groups is 1. The lowest BCUT2D eigenvalue weighted by molar-refractivity contribution is -0.155. The van der Waals surface area contributed by atoms with Crippen LogP contribution in [0, 0.1) is 0 Å². The van der Waals surface area contributed by atoms with Crippen LogP contribution in [0.5, 0.6) is 0 Å². The van der Waals surface area contributed by atoms with Gasteiger partial charge in [-0.1, -0.05) is 0 Å². The van der Waals surface area contributed by atoms with Gasteiger partial charge in [-0.25, -0.2) is 4.79 Å². The highest BCUT2D eigenvalue weighted by Crippen LogP contribution is 2.08. The number of carbonyl (C=O) groups excluding carboxylic acids is 4. The first-order valence-corrected chi connectivity index (χ1v) is 4.26. The zero-order chi connectivity index (χ0) is 10.9. The molecule has 0 radical (unpaired) electrons. The minimum Gasteiger partial charge on any atom is -0.277 e. The monoisotopic (exact) mass is 198 g/mol. The summed E-state index contributed by atoms with van der Waals surface area (Å²) in [6.45, 7) is 3.31. The molecule has 1 rings (SSSR count). The third kappa shape index (κ3) is 1.28. The fourth-order valence-electron chi connectivity index (χ4n) is 1.21. The van der Waals surface area contributed by atoms with E-state index >= 15 is 0 Å². The maximum Gasteiger partial charge on any atom is 0.334 e. The van der Waals surface area contributed by atoms with Gasteiger partial charge in [-0.2, -0.15) is 0 Å². The molecule has 0 saturated carbocycles. The van der Waals surface area contributed by atoms with Crippen molar-refractivity contribution < 1.29 is 19.2 Å². The summed E-state index contributed by atoms with van der Waals surface area (Å²) >= 11 is 0. The molecule has 0 aromatic carbocycles. The van der Waals surface area contributed by atoms with Crippen LogP contribution in [-0.4, -0.2) is 46.5 Å². The van der Waals surface area contributed by atoms with E-state index in [4.69, 9.17) is 0 Å². The van der Waals surface area contributed by atoms with E-state index in [1.807, 2.05) is 0 Å². The molecule has 0 N–H and O–H groups in total. The maximum atomic E-state index is 11.4. The Morgan fingerprint density at radius 3 is 1.50 bits per heavy atom. The zero-order valence-electron chi connectivity index (χ0n) is 7.94. The number of hydrogen-bond acceptors (Lipinski definition) is 4. The summed E-state index contributed by atoms with van der Waals surface area (Å²) in [6.07, 6.45) is 0. The fourth-order valence-corrected chi connectivity index (χ4v) is 1.21. The van der Waals surface area contributed by atoms with Crippen molar-refractivity contribution in [2.45, 2.75) is 13.8 Å². The Balaban J connectivity index is 3.07. The first-order chi connectivity index (χ1) is 6.54. The summed E-state index contributed by atoms with van der Waals surface area (Å²) in [5, 5.41) is 0. The molecule has 76 valence electrons. The molecule has 1 aliphatic heterocycles. The van der Waals surface area contributed by atoms with Gasteiger partial charge in [0.15, 0.2) is 0 Å². The van der Waals surface area contributed by atoms with Gasteiger partial charge in [0.1, 0.15) is 0 Å². The summed E-state index contributed by atoms with van der Waals surface area (Å²) in [5.41, 5.74) is 0. The second-order valence-electron chi connectivity index (χ2n) is 2.71. The van der Waals surface area contributed by atoms with Gasteiger partial charge in [-0.15, -0.1) is 0 Å². The zero-order valence-corrected chi connectivity index (χ0v) is 7.94. The van der Waals surface area contributed by atoms with Crippen LogP contribution < -0.4 is 0 Å². The van der Waals surface area contributed by atoms with Crippen LogP contribution in [-0.2, 0) is 14.4 Å². The first-order valence-electron chi connectivity index (χ1n) is 4.26. The number of amides is 4. The lowest BCUT2D eigenvalue weighted by Crippen LogP contribution is -2.59. The first kappa shape index (κ1) is 10.4. The van der Waals surface area contributed by atoms with Crippen LogP contribution in [0.25, 0.3) is 0 Å². The molecule has 0 atom stereocenters. The van der Waals surface area contributed by atoms with Gasteiger partial charge in [0.05, 0.1) is 0 Å². The molecule has 0 aromatic rings. The predicted molar refractivity (Wildman–Crippen MR) is 45.2 cm³/mol. The van der Waals surface area contributed by atoms with Crippen molar-refractivity contribution in [3.05, 3.63) is 0 Å². The van der Waals surface area contributed by atoms with Crippen molar-refractivity contribution in [1.29, 1.82) is 0 Å². The third-order valence-electron chi connectivity index (χ3n) is 1.97. The van der Waals surface area contributed by atoms with Crippen molar-refractivity contribution in [2.24, 2.45) is 0 Å². The van der Waals surface area contributed by atoms with E-state index in [9.17, 15) is 19.2 Å². The number of carbonyl (C=O) groups is 4.